The van der Waals surface area contributed by atoms with Gasteiger partial charge in [0, 0.05) is 36.0 Å². The van der Waals surface area contributed by atoms with Crippen molar-refractivity contribution in [3.63, 3.8) is 0 Å². The summed E-state index contributed by atoms with van der Waals surface area (Å²) in [7, 11) is 0. The second-order valence-electron chi connectivity index (χ2n) is 16.1. The van der Waals surface area contributed by atoms with Gasteiger partial charge < -0.3 is 48.9 Å². The Hall–Kier alpha value is -5.79. The van der Waals surface area contributed by atoms with Crippen LogP contribution in [0, 0.1) is 25.7 Å². The van der Waals surface area contributed by atoms with Gasteiger partial charge in [0.2, 0.25) is 17.7 Å². The van der Waals surface area contributed by atoms with Crippen molar-refractivity contribution in [3.8, 4) is 0 Å². The highest BCUT2D eigenvalue weighted by atomic mass is 16.6. The number of ether oxygens (including phenoxy) is 7. The monoisotopic (exact) mass is 916 g/mol. The molecule has 0 spiro atoms. The average Bonchev–Trinajstić information content (AvgIpc) is 3.20. The molecule has 362 valence electrons. The first-order chi connectivity index (χ1) is 30.7. The number of hydrogen-bond acceptors (Lipinski definition) is 15. The van der Waals surface area contributed by atoms with Crippen LogP contribution >= 0.6 is 0 Å². The van der Waals surface area contributed by atoms with Crippen LogP contribution in [0.15, 0.2) is 36.4 Å². The summed E-state index contributed by atoms with van der Waals surface area (Å²) in [6.07, 6.45) is 0.889. The van der Waals surface area contributed by atoms with Gasteiger partial charge in [0.25, 0.3) is 0 Å². The van der Waals surface area contributed by atoms with Crippen molar-refractivity contribution < 1.29 is 71.8 Å². The first kappa shape index (κ1) is 55.3. The molecule has 0 saturated heterocycles. The molecular weight excluding hydrogens is 849 g/mol. The smallest absolute Gasteiger partial charge is 0.412 e. The van der Waals surface area contributed by atoms with Gasteiger partial charge in [-0.1, -0.05) is 12.1 Å². The number of rotatable bonds is 27. The second-order valence-corrected chi connectivity index (χ2v) is 16.1. The van der Waals surface area contributed by atoms with E-state index in [1.165, 1.54) is 12.1 Å². The van der Waals surface area contributed by atoms with E-state index in [-0.39, 0.29) is 38.7 Å². The van der Waals surface area contributed by atoms with Crippen molar-refractivity contribution in [2.24, 2.45) is 11.8 Å². The molecule has 0 aliphatic rings. The second kappa shape index (κ2) is 27.5. The number of aliphatic hydroxyl groups is 1. The third-order valence-corrected chi connectivity index (χ3v) is 9.68. The fourth-order valence-corrected chi connectivity index (χ4v) is 6.19. The molecule has 2 aromatic rings. The lowest BCUT2D eigenvalue weighted by Crippen LogP contribution is -2.41. The fraction of sp³-hybridized carbons (Fsp3) is 0.587. The molecule has 19 nitrogen and oxygen atoms in total. The number of benzene rings is 2. The van der Waals surface area contributed by atoms with Crippen LogP contribution in [0.1, 0.15) is 105 Å². The molecule has 2 atom stereocenters. The molecule has 19 heteroatoms. The zero-order chi connectivity index (χ0) is 48.7. The fourth-order valence-electron chi connectivity index (χ4n) is 6.19. The Kier molecular flexibility index (Phi) is 23.4. The number of aliphatic hydroxyl groups excluding tert-OH is 1. The minimum absolute atomic E-state index is 0.00904. The quantitative estimate of drug-likeness (QED) is 0.0196. The normalized spacial score (nSPS) is 12.3. The molecule has 0 radical (unpaired) electrons. The van der Waals surface area contributed by atoms with E-state index < -0.39 is 71.2 Å². The van der Waals surface area contributed by atoms with Gasteiger partial charge in [0.15, 0.2) is 12.2 Å². The van der Waals surface area contributed by atoms with Crippen molar-refractivity contribution in [2.45, 2.75) is 125 Å². The Balaban J connectivity index is 1.76. The van der Waals surface area contributed by atoms with E-state index >= 15 is 0 Å². The summed E-state index contributed by atoms with van der Waals surface area (Å²) in [6.45, 7) is 18.0. The van der Waals surface area contributed by atoms with E-state index in [1.54, 1.807) is 79.7 Å². The zero-order valence-corrected chi connectivity index (χ0v) is 39.3. The van der Waals surface area contributed by atoms with Gasteiger partial charge in [-0.15, -0.1) is 0 Å². The van der Waals surface area contributed by atoms with Gasteiger partial charge in [-0.05, 0) is 143 Å². The number of amides is 4. The van der Waals surface area contributed by atoms with E-state index in [0.717, 1.165) is 6.42 Å². The molecule has 2 rings (SSSR count). The lowest BCUT2D eigenvalue weighted by Gasteiger charge is -2.27. The highest BCUT2D eigenvalue weighted by Gasteiger charge is 2.38. The number of esters is 3. The third kappa shape index (κ3) is 19.9. The first-order valence-corrected chi connectivity index (χ1v) is 21.9. The van der Waals surface area contributed by atoms with Gasteiger partial charge in [-0.3, -0.25) is 34.6 Å². The topological polar surface area (TPSA) is 252 Å². The molecule has 0 aliphatic carbocycles. The molecule has 2 unspecified atom stereocenters. The van der Waals surface area contributed by atoms with Crippen LogP contribution < -0.4 is 21.3 Å². The number of nitrogens with one attached hydrogen (secondary N) is 4. The molecule has 4 amide bonds. The van der Waals surface area contributed by atoms with E-state index in [1.807, 2.05) is 13.8 Å². The van der Waals surface area contributed by atoms with E-state index in [0.29, 0.717) is 66.9 Å². The minimum atomic E-state index is -1.81. The number of carbonyl (C=O) groups excluding carboxylic acids is 7. The SMILES string of the molecule is CCOC(=O)C(C(=O)Nc1cc(NC(=O)OCCCCC(C)(C)OCCCCC(C)(C)OC(=O)Nc2ccc(C)c(NC(=O)C(C(=O)OCC)C(O)OCC)c2)ccc1C)C(=O)OCC. The van der Waals surface area contributed by atoms with Crippen LogP contribution in [0.4, 0.5) is 32.3 Å². The Labute approximate surface area is 381 Å². The summed E-state index contributed by atoms with van der Waals surface area (Å²) >= 11 is 0. The van der Waals surface area contributed by atoms with Crippen molar-refractivity contribution in [1.82, 2.24) is 0 Å². The van der Waals surface area contributed by atoms with Crippen LogP contribution in [0.25, 0.3) is 0 Å². The van der Waals surface area contributed by atoms with Crippen molar-refractivity contribution in [1.29, 1.82) is 0 Å². The van der Waals surface area contributed by atoms with Gasteiger partial charge in [0.05, 0.1) is 32.0 Å². The molecule has 0 aliphatic heterocycles. The number of aryl methyl sites for hydroxylation is 2. The van der Waals surface area contributed by atoms with Crippen LogP contribution in [0.5, 0.6) is 0 Å². The number of carbonyl (C=O) groups is 7. The maximum atomic E-state index is 13.0. The number of hydrogen-bond donors (Lipinski definition) is 5. The van der Waals surface area contributed by atoms with Crippen molar-refractivity contribution >= 4 is 64.7 Å². The highest BCUT2D eigenvalue weighted by molar-refractivity contribution is 6.18. The Morgan fingerprint density at radius 1 is 0.569 bits per heavy atom. The Morgan fingerprint density at radius 3 is 1.57 bits per heavy atom. The summed E-state index contributed by atoms with van der Waals surface area (Å²) < 4.78 is 37.0. The van der Waals surface area contributed by atoms with E-state index in [2.05, 4.69) is 21.3 Å². The molecule has 0 bridgehead atoms. The highest BCUT2D eigenvalue weighted by Crippen LogP contribution is 2.26. The first-order valence-electron chi connectivity index (χ1n) is 21.9. The summed E-state index contributed by atoms with van der Waals surface area (Å²) in [6, 6.07) is 9.56. The summed E-state index contributed by atoms with van der Waals surface area (Å²) in [5, 5.41) is 20.7. The molecule has 0 aromatic heterocycles. The van der Waals surface area contributed by atoms with Crippen LogP contribution in [-0.2, 0) is 57.1 Å². The molecule has 0 heterocycles. The van der Waals surface area contributed by atoms with Crippen LogP contribution in [0.2, 0.25) is 0 Å². The van der Waals surface area contributed by atoms with Gasteiger partial charge in [-0.2, -0.15) is 0 Å². The van der Waals surface area contributed by atoms with Crippen molar-refractivity contribution in [3.05, 3.63) is 47.5 Å². The maximum absolute atomic E-state index is 13.0. The lowest BCUT2D eigenvalue weighted by molar-refractivity contribution is -0.176. The van der Waals surface area contributed by atoms with Crippen LogP contribution in [-0.4, -0.2) is 104 Å². The largest absolute Gasteiger partial charge is 0.465 e. The lowest BCUT2D eigenvalue weighted by atomic mass is 10.00. The molecule has 0 fully saturated rings. The average molecular weight is 917 g/mol. The van der Waals surface area contributed by atoms with Gasteiger partial charge in [-0.25, -0.2) is 9.59 Å². The predicted octanol–water partition coefficient (Wildman–Crippen LogP) is 7.17. The van der Waals surface area contributed by atoms with Gasteiger partial charge in [0.1, 0.15) is 5.60 Å². The van der Waals surface area contributed by atoms with E-state index in [4.69, 9.17) is 33.2 Å². The van der Waals surface area contributed by atoms with E-state index in [9.17, 15) is 38.7 Å². The zero-order valence-electron chi connectivity index (χ0n) is 39.3. The standard InChI is InChI=1S/C46H68N4O15/c1-11-59-39(53)35(40(54)60-12-2)37(51)49-33-27-31(21-19-29(33)5)47-43(57)63-25-17-15-23-45(7,8)64-26-18-16-24-46(9,10)65-44(58)48-32-22-20-30(6)34(28-32)50-38(52)36(41(55)61-13-3)42(56)62-14-4/h19-22,27-28,35-36,41,55H,11-18,23-26H2,1-10H3,(H,47,57)(H,48,58)(H,49,51)(H,50,52). The molecular formula is C46H68N4O15. The predicted molar refractivity (Wildman–Crippen MR) is 241 cm³/mol. The molecule has 65 heavy (non-hydrogen) atoms. The summed E-state index contributed by atoms with van der Waals surface area (Å²) in [5.41, 5.74) is 1.21. The van der Waals surface area contributed by atoms with Crippen molar-refractivity contribution in [2.75, 3.05) is 60.9 Å². The minimum Gasteiger partial charge on any atom is -0.465 e. The number of unbranched alkanes of at least 4 members (excludes halogenated alkanes) is 2. The number of anilines is 4. The molecule has 2 aromatic carbocycles. The van der Waals surface area contributed by atoms with Crippen LogP contribution in [0.3, 0.4) is 0 Å². The third-order valence-electron chi connectivity index (χ3n) is 9.68. The van der Waals surface area contributed by atoms with Gasteiger partial charge >= 0.3 is 30.1 Å². The molecule has 0 saturated carbocycles. The molecule has 5 N–H and O–H groups in total. The Bertz CT molecular complexity index is 1900. The Morgan fingerprint density at radius 2 is 1.05 bits per heavy atom. The summed E-state index contributed by atoms with van der Waals surface area (Å²) in [4.78, 5) is 88.5. The maximum Gasteiger partial charge on any atom is 0.412 e. The summed E-state index contributed by atoms with van der Waals surface area (Å²) in [5.74, 6) is -8.19.